The van der Waals surface area contributed by atoms with E-state index in [4.69, 9.17) is 0 Å². The van der Waals surface area contributed by atoms with Gasteiger partial charge >= 0.3 is 5.69 Å². The Morgan fingerprint density at radius 3 is 2.33 bits per heavy atom. The lowest BCUT2D eigenvalue weighted by Crippen LogP contribution is -3.13. The van der Waals surface area contributed by atoms with Crippen molar-refractivity contribution >= 4 is 16.9 Å². The minimum Gasteiger partial charge on any atom is -0.328 e. The number of rotatable bonds is 4. The number of ketones is 1. The van der Waals surface area contributed by atoms with E-state index in [9.17, 15) is 14.4 Å². The van der Waals surface area contributed by atoms with Crippen LogP contribution in [-0.2, 0) is 25.4 Å². The highest BCUT2D eigenvalue weighted by molar-refractivity contribution is 5.82. The van der Waals surface area contributed by atoms with Gasteiger partial charge in [-0.05, 0) is 20.3 Å². The van der Waals surface area contributed by atoms with Crippen LogP contribution < -0.4 is 16.1 Å². The number of nitrogens with zero attached hydrogens (tertiary/aromatic N) is 4. The fourth-order valence-corrected chi connectivity index (χ4v) is 4.47. The van der Waals surface area contributed by atoms with Crippen LogP contribution in [0.1, 0.15) is 46.0 Å². The Bertz CT molecular complexity index is 989. The molecule has 3 rings (SSSR count). The number of quaternary nitrogens is 1. The molecule has 1 fully saturated rings. The van der Waals surface area contributed by atoms with Crippen LogP contribution in [0, 0.1) is 11.8 Å². The van der Waals surface area contributed by atoms with Gasteiger partial charge in [0.05, 0.1) is 19.1 Å². The van der Waals surface area contributed by atoms with Crippen molar-refractivity contribution < 1.29 is 9.69 Å². The zero-order valence-corrected chi connectivity index (χ0v) is 17.1. The third kappa shape index (κ3) is 3.38. The van der Waals surface area contributed by atoms with Crippen molar-refractivity contribution in [3.8, 4) is 0 Å². The second-order valence-electron chi connectivity index (χ2n) is 8.34. The van der Waals surface area contributed by atoms with Gasteiger partial charge < -0.3 is 9.47 Å². The first-order valence-electron chi connectivity index (χ1n) is 9.62. The van der Waals surface area contributed by atoms with Crippen molar-refractivity contribution in [2.24, 2.45) is 25.9 Å². The molecule has 27 heavy (non-hydrogen) atoms. The molecule has 0 amide bonds. The molecular weight excluding hydrogens is 346 g/mol. The molecule has 0 bridgehead atoms. The first-order valence-corrected chi connectivity index (χ1v) is 9.62. The van der Waals surface area contributed by atoms with E-state index in [0.29, 0.717) is 35.4 Å². The topological polar surface area (TPSA) is 83.3 Å². The maximum Gasteiger partial charge on any atom is 0.332 e. The van der Waals surface area contributed by atoms with Gasteiger partial charge in [-0.25, -0.2) is 9.78 Å². The maximum atomic E-state index is 12.8. The molecule has 1 aliphatic rings. The Hall–Kier alpha value is -2.22. The van der Waals surface area contributed by atoms with Gasteiger partial charge in [-0.2, -0.15) is 0 Å². The molecule has 0 saturated carbocycles. The second kappa shape index (κ2) is 7.07. The highest BCUT2D eigenvalue weighted by Gasteiger charge is 2.30. The van der Waals surface area contributed by atoms with Crippen molar-refractivity contribution in [1.29, 1.82) is 0 Å². The molecule has 8 heteroatoms. The fourth-order valence-electron chi connectivity index (χ4n) is 4.47. The van der Waals surface area contributed by atoms with E-state index in [2.05, 4.69) is 18.8 Å². The summed E-state index contributed by atoms with van der Waals surface area (Å²) in [5.41, 5.74) is -0.138. The Kier molecular flexibility index (Phi) is 5.12. The smallest absolute Gasteiger partial charge is 0.328 e. The highest BCUT2D eigenvalue weighted by Crippen LogP contribution is 2.19. The van der Waals surface area contributed by atoms with E-state index in [-0.39, 0.29) is 5.78 Å². The number of likely N-dealkylation sites (tertiary alicyclic amines) is 1. The third-order valence-electron chi connectivity index (χ3n) is 5.83. The first-order chi connectivity index (χ1) is 12.6. The number of Topliss-reactive ketones (excluding diaryl/α,β-unsaturated/α-hetero) is 1. The molecule has 1 aliphatic heterocycles. The van der Waals surface area contributed by atoms with Crippen molar-refractivity contribution in [3.63, 3.8) is 0 Å². The van der Waals surface area contributed by atoms with Crippen LogP contribution >= 0.6 is 0 Å². The molecule has 1 saturated heterocycles. The number of aromatic nitrogens is 4. The number of carbonyl (C=O) groups excluding carboxylic acids is 1. The van der Waals surface area contributed by atoms with Crippen LogP contribution in [-0.4, -0.2) is 37.6 Å². The van der Waals surface area contributed by atoms with Crippen LogP contribution in [0.5, 0.6) is 0 Å². The summed E-state index contributed by atoms with van der Waals surface area (Å²) in [7, 11) is 3.07. The summed E-state index contributed by atoms with van der Waals surface area (Å²) >= 11 is 0. The third-order valence-corrected chi connectivity index (χ3v) is 5.83. The lowest BCUT2D eigenvalue weighted by atomic mass is 9.92. The van der Waals surface area contributed by atoms with E-state index in [1.165, 1.54) is 29.9 Å². The van der Waals surface area contributed by atoms with Crippen LogP contribution in [0.25, 0.3) is 11.2 Å². The van der Waals surface area contributed by atoms with E-state index in [0.717, 1.165) is 17.7 Å². The number of fused-ring (bicyclic) bond motifs is 1. The van der Waals surface area contributed by atoms with Gasteiger partial charge in [-0.1, -0.05) is 13.8 Å². The van der Waals surface area contributed by atoms with Crippen LogP contribution in [0.3, 0.4) is 0 Å². The second-order valence-corrected chi connectivity index (χ2v) is 8.34. The zero-order chi connectivity index (χ0) is 20.0. The summed E-state index contributed by atoms with van der Waals surface area (Å²) in [6, 6.07) is -0.505. The quantitative estimate of drug-likeness (QED) is 0.790. The van der Waals surface area contributed by atoms with E-state index < -0.39 is 17.3 Å². The summed E-state index contributed by atoms with van der Waals surface area (Å²) in [4.78, 5) is 43.3. The van der Waals surface area contributed by atoms with Crippen molar-refractivity contribution in [3.05, 3.63) is 26.7 Å². The Labute approximate surface area is 158 Å². The number of hydrogen-bond donors (Lipinski definition) is 1. The maximum absolute atomic E-state index is 12.8. The number of imidazole rings is 1. The normalized spacial score (nSPS) is 24.3. The molecular formula is C19H30N5O3+. The van der Waals surface area contributed by atoms with Gasteiger partial charge in [-0.3, -0.25) is 18.7 Å². The van der Waals surface area contributed by atoms with Crippen LogP contribution in [0.4, 0.5) is 0 Å². The average Bonchev–Trinajstić information content (AvgIpc) is 2.95. The monoisotopic (exact) mass is 376 g/mol. The molecule has 0 aliphatic carbocycles. The number of nitrogens with one attached hydrogen (secondary N) is 1. The number of piperidine rings is 1. The molecule has 2 aromatic heterocycles. The van der Waals surface area contributed by atoms with E-state index in [1.807, 2.05) is 0 Å². The summed E-state index contributed by atoms with van der Waals surface area (Å²) in [6.45, 7) is 10.5. The van der Waals surface area contributed by atoms with Crippen molar-refractivity contribution in [2.75, 3.05) is 13.1 Å². The number of hydrogen-bond acceptors (Lipinski definition) is 4. The highest BCUT2D eigenvalue weighted by atomic mass is 16.2. The van der Waals surface area contributed by atoms with Gasteiger partial charge in [0.25, 0.3) is 5.56 Å². The van der Waals surface area contributed by atoms with Crippen LogP contribution in [0.2, 0.25) is 0 Å². The zero-order valence-electron chi connectivity index (χ0n) is 17.1. The van der Waals surface area contributed by atoms with Gasteiger partial charge in [0.1, 0.15) is 6.54 Å². The molecule has 4 atom stereocenters. The summed E-state index contributed by atoms with van der Waals surface area (Å²) in [5, 5.41) is 0. The molecule has 0 aromatic carbocycles. The molecule has 8 nitrogen and oxygen atoms in total. The molecule has 1 N–H and O–H groups in total. The minimum absolute atomic E-state index is 0.0400. The summed E-state index contributed by atoms with van der Waals surface area (Å²) in [5.74, 6) is 1.91. The predicted octanol–water partition coefficient (Wildman–Crippen LogP) is -0.355. The predicted molar refractivity (Wildman–Crippen MR) is 103 cm³/mol. The van der Waals surface area contributed by atoms with E-state index in [1.54, 1.807) is 18.5 Å². The van der Waals surface area contributed by atoms with Gasteiger partial charge in [0.15, 0.2) is 22.8 Å². The minimum atomic E-state index is -0.505. The Morgan fingerprint density at radius 1 is 1.19 bits per heavy atom. The SMILES string of the molecule is CC(=O)[C@H](C)n1c(C[NH+]2C[C@H](C)C[C@H](C)C2)nc2c1c(=O)n(C)c(=O)n2C. The largest absolute Gasteiger partial charge is 0.332 e. The summed E-state index contributed by atoms with van der Waals surface area (Å²) < 4.78 is 4.21. The first kappa shape index (κ1) is 19.5. The number of aryl methyl sites for hydroxylation is 1. The van der Waals surface area contributed by atoms with Gasteiger partial charge in [0, 0.05) is 25.9 Å². The lowest BCUT2D eigenvalue weighted by Gasteiger charge is -2.32. The van der Waals surface area contributed by atoms with Crippen LogP contribution in [0.15, 0.2) is 9.59 Å². The van der Waals surface area contributed by atoms with Gasteiger partial charge in [-0.15, -0.1) is 0 Å². The Morgan fingerprint density at radius 2 is 1.78 bits per heavy atom. The van der Waals surface area contributed by atoms with Crippen molar-refractivity contribution in [1.82, 2.24) is 18.7 Å². The van der Waals surface area contributed by atoms with Gasteiger partial charge in [0.2, 0.25) is 0 Å². The van der Waals surface area contributed by atoms with E-state index >= 15 is 0 Å². The molecule has 0 radical (unpaired) electrons. The fraction of sp³-hybridized carbons (Fsp3) is 0.684. The number of carbonyl (C=O) groups is 1. The average molecular weight is 376 g/mol. The standard InChI is InChI=1S/C19H29N5O3/c1-11-7-12(2)9-23(8-11)10-15-20-17-16(24(15)13(3)14(4)25)18(26)22(6)19(27)21(17)5/h11-13H,7-10H2,1-6H3/p+1/t11-,12+,13-/m0/s1. The Balaban J connectivity index is 2.20. The molecule has 2 aromatic rings. The molecule has 1 unspecified atom stereocenters. The molecule has 0 spiro atoms. The lowest BCUT2D eigenvalue weighted by molar-refractivity contribution is -0.926. The van der Waals surface area contributed by atoms with Crippen molar-refractivity contribution in [2.45, 2.75) is 46.7 Å². The summed E-state index contributed by atoms with van der Waals surface area (Å²) in [6.07, 6.45) is 1.22. The molecule has 3 heterocycles. The molecule has 148 valence electrons.